The summed E-state index contributed by atoms with van der Waals surface area (Å²) in [6.07, 6.45) is 0.539. The van der Waals surface area contributed by atoms with Crippen LogP contribution in [-0.4, -0.2) is 44.0 Å². The first-order valence-electron chi connectivity index (χ1n) is 5.89. The van der Waals surface area contributed by atoms with Crippen molar-refractivity contribution in [2.45, 2.75) is 32.4 Å². The summed E-state index contributed by atoms with van der Waals surface area (Å²) in [7, 11) is 3.22. The number of aliphatic imine (C=N–C) groups is 2. The van der Waals surface area contributed by atoms with E-state index < -0.39 is 0 Å². The topological polar surface area (TPSA) is 43.2 Å². The van der Waals surface area contributed by atoms with E-state index in [-0.39, 0.29) is 12.1 Å². The summed E-state index contributed by atoms with van der Waals surface area (Å²) in [5.74, 6) is 7.64. The number of methoxy groups -OCH3 is 2. The lowest BCUT2D eigenvalue weighted by Gasteiger charge is -2.26. The molecule has 0 aliphatic carbocycles. The third kappa shape index (κ3) is 3.64. The number of hydrogen-bond acceptors (Lipinski definition) is 4. The second kappa shape index (κ2) is 7.27. The Kier molecular flexibility index (Phi) is 6.00. The third-order valence-electron chi connectivity index (χ3n) is 2.62. The first kappa shape index (κ1) is 14.8. The predicted molar refractivity (Wildman–Crippen MR) is 74.4 cm³/mol. The van der Waals surface area contributed by atoms with Crippen molar-refractivity contribution in [3.05, 3.63) is 0 Å². The van der Waals surface area contributed by atoms with Crippen molar-refractivity contribution < 1.29 is 9.47 Å². The number of hydrogen-bond donors (Lipinski definition) is 0. The fraction of sp³-hybridized carbons (Fsp3) is 0.692. The summed E-state index contributed by atoms with van der Waals surface area (Å²) in [5.41, 5.74) is 0. The van der Waals surface area contributed by atoms with Crippen molar-refractivity contribution >= 4 is 23.4 Å². The van der Waals surface area contributed by atoms with E-state index in [1.54, 1.807) is 14.2 Å². The summed E-state index contributed by atoms with van der Waals surface area (Å²) in [6.45, 7) is 4.15. The molecule has 0 saturated heterocycles. The van der Waals surface area contributed by atoms with Crippen LogP contribution < -0.4 is 0 Å². The van der Waals surface area contributed by atoms with E-state index in [9.17, 15) is 0 Å². The Bertz CT molecular complexity index is 394. The minimum Gasteiger partial charge on any atom is -0.483 e. The molecule has 2 atom stereocenters. The molecule has 0 unspecified atom stereocenters. The van der Waals surface area contributed by atoms with Gasteiger partial charge in [0.1, 0.15) is 12.1 Å². The zero-order chi connectivity index (χ0) is 13.5. The minimum absolute atomic E-state index is 0.0813. The Morgan fingerprint density at radius 1 is 1.17 bits per heavy atom. The maximum absolute atomic E-state index is 5.51. The van der Waals surface area contributed by atoms with Crippen molar-refractivity contribution in [1.29, 1.82) is 0 Å². The molecule has 0 saturated carbocycles. The molecule has 0 spiro atoms. The molecule has 1 rings (SSSR count). The van der Waals surface area contributed by atoms with Crippen molar-refractivity contribution in [3.8, 4) is 11.8 Å². The van der Waals surface area contributed by atoms with Gasteiger partial charge in [-0.25, -0.2) is 9.98 Å². The molecule has 0 fully saturated rings. The fourth-order valence-electron chi connectivity index (χ4n) is 1.71. The highest BCUT2D eigenvalue weighted by Crippen LogP contribution is 2.18. The lowest BCUT2D eigenvalue weighted by atomic mass is 10.0. The Labute approximate surface area is 113 Å². The summed E-state index contributed by atoms with van der Waals surface area (Å²) in [6, 6.07) is -0.280. The van der Waals surface area contributed by atoms with Crippen LogP contribution in [0.5, 0.6) is 0 Å². The summed E-state index contributed by atoms with van der Waals surface area (Å²) in [5, 5.41) is 0. The van der Waals surface area contributed by atoms with E-state index in [1.165, 1.54) is 0 Å². The fourth-order valence-corrected chi connectivity index (χ4v) is 1.80. The van der Waals surface area contributed by atoms with Gasteiger partial charge in [0.05, 0.1) is 20.1 Å². The first-order chi connectivity index (χ1) is 8.63. The Morgan fingerprint density at radius 2 is 1.83 bits per heavy atom. The predicted octanol–water partition coefficient (Wildman–Crippen LogP) is 2.12. The van der Waals surface area contributed by atoms with Gasteiger partial charge in [-0.1, -0.05) is 25.7 Å². The lowest BCUT2D eigenvalue weighted by molar-refractivity contribution is 0.333. The molecule has 0 N–H and O–H groups in total. The molecular weight excluding hydrogens is 252 g/mol. The molecule has 1 heterocycles. The molecule has 4 nitrogen and oxygen atoms in total. The van der Waals surface area contributed by atoms with Gasteiger partial charge in [0, 0.05) is 6.42 Å². The maximum atomic E-state index is 5.51. The van der Waals surface area contributed by atoms with Crippen LogP contribution in [0, 0.1) is 17.8 Å². The molecule has 0 bridgehead atoms. The average Bonchev–Trinajstić information content (AvgIpc) is 2.38. The van der Waals surface area contributed by atoms with Crippen LogP contribution in [0.4, 0.5) is 0 Å². The molecule has 0 radical (unpaired) electrons. The molecule has 0 aromatic carbocycles. The van der Waals surface area contributed by atoms with E-state index in [0.717, 1.165) is 0 Å². The second-order valence-corrected chi connectivity index (χ2v) is 4.51. The molecule has 18 heavy (non-hydrogen) atoms. The first-order valence-corrected chi connectivity index (χ1v) is 6.42. The SMILES string of the molecule is COC1=N[C@@H](C(C)C)C(OC)=N[C@H]1CC#CCCl. The van der Waals surface area contributed by atoms with Crippen LogP contribution in [0.3, 0.4) is 0 Å². The van der Waals surface area contributed by atoms with Crippen molar-refractivity contribution in [2.75, 3.05) is 20.1 Å². The number of rotatable bonds is 2. The number of nitrogens with zero attached hydrogens (tertiary/aromatic N) is 2. The van der Waals surface area contributed by atoms with Crippen molar-refractivity contribution in [1.82, 2.24) is 0 Å². The van der Waals surface area contributed by atoms with Gasteiger partial charge >= 0.3 is 0 Å². The zero-order valence-corrected chi connectivity index (χ0v) is 12.0. The minimum atomic E-state index is -0.198. The summed E-state index contributed by atoms with van der Waals surface area (Å²) < 4.78 is 10.6. The maximum Gasteiger partial charge on any atom is 0.210 e. The molecule has 100 valence electrons. The van der Waals surface area contributed by atoms with E-state index in [2.05, 4.69) is 35.7 Å². The summed E-state index contributed by atoms with van der Waals surface area (Å²) in [4.78, 5) is 9.07. The molecule has 0 aromatic heterocycles. The van der Waals surface area contributed by atoms with Crippen LogP contribution in [0.25, 0.3) is 0 Å². The number of alkyl halides is 1. The molecule has 1 aliphatic heterocycles. The van der Waals surface area contributed by atoms with E-state index in [1.807, 2.05) is 0 Å². The molecule has 0 amide bonds. The normalized spacial score (nSPS) is 22.8. The third-order valence-corrected chi connectivity index (χ3v) is 2.76. The molecule has 1 aliphatic rings. The Morgan fingerprint density at radius 3 is 2.33 bits per heavy atom. The monoisotopic (exact) mass is 270 g/mol. The smallest absolute Gasteiger partial charge is 0.210 e. The van der Waals surface area contributed by atoms with Gasteiger partial charge in [0.15, 0.2) is 0 Å². The van der Waals surface area contributed by atoms with Gasteiger partial charge in [-0.05, 0) is 5.92 Å². The molecular formula is C13H19ClN2O2. The standard InChI is InChI=1S/C13H19ClN2O2/c1-9(2)11-13(18-4)15-10(7-5-6-8-14)12(16-11)17-3/h9-11H,7-8H2,1-4H3/t10-,11-/m0/s1. The van der Waals surface area contributed by atoms with Crippen LogP contribution in [0.15, 0.2) is 9.98 Å². The summed E-state index contributed by atoms with van der Waals surface area (Å²) >= 11 is 5.51. The molecule has 5 heteroatoms. The highest BCUT2D eigenvalue weighted by atomic mass is 35.5. The average molecular weight is 271 g/mol. The second-order valence-electron chi connectivity index (χ2n) is 4.24. The number of ether oxygens (including phenoxy) is 2. The van der Waals surface area contributed by atoms with Crippen molar-refractivity contribution in [2.24, 2.45) is 15.9 Å². The van der Waals surface area contributed by atoms with E-state index >= 15 is 0 Å². The van der Waals surface area contributed by atoms with Crippen LogP contribution in [-0.2, 0) is 9.47 Å². The van der Waals surface area contributed by atoms with Crippen LogP contribution >= 0.6 is 11.6 Å². The van der Waals surface area contributed by atoms with Gasteiger partial charge in [0.25, 0.3) is 0 Å². The largest absolute Gasteiger partial charge is 0.483 e. The molecule has 0 aromatic rings. The van der Waals surface area contributed by atoms with Gasteiger partial charge in [-0.3, -0.25) is 0 Å². The highest BCUT2D eigenvalue weighted by molar-refractivity contribution is 6.19. The van der Waals surface area contributed by atoms with Gasteiger partial charge in [0.2, 0.25) is 11.8 Å². The van der Waals surface area contributed by atoms with Gasteiger partial charge < -0.3 is 9.47 Å². The highest BCUT2D eigenvalue weighted by Gasteiger charge is 2.30. The Hall–Kier alpha value is -1.21. The quantitative estimate of drug-likeness (QED) is 0.570. The lowest BCUT2D eigenvalue weighted by Crippen LogP contribution is -2.37. The van der Waals surface area contributed by atoms with Crippen LogP contribution in [0.2, 0.25) is 0 Å². The van der Waals surface area contributed by atoms with Gasteiger partial charge in [-0.15, -0.1) is 11.6 Å². The van der Waals surface area contributed by atoms with E-state index in [0.29, 0.717) is 30.0 Å². The Balaban J connectivity index is 2.91. The van der Waals surface area contributed by atoms with Gasteiger partial charge in [-0.2, -0.15) is 0 Å². The van der Waals surface area contributed by atoms with E-state index in [4.69, 9.17) is 21.1 Å². The van der Waals surface area contributed by atoms with Crippen molar-refractivity contribution in [3.63, 3.8) is 0 Å². The van der Waals surface area contributed by atoms with Crippen LogP contribution in [0.1, 0.15) is 20.3 Å². The zero-order valence-electron chi connectivity index (χ0n) is 11.2. The number of halogens is 1.